The van der Waals surface area contributed by atoms with Crippen LogP contribution in [0.2, 0.25) is 5.15 Å². The molecule has 2 aromatic rings. The molecule has 1 aromatic heterocycles. The molecule has 3 rings (SSSR count). The van der Waals surface area contributed by atoms with Gasteiger partial charge in [0.15, 0.2) is 5.15 Å². The number of halogens is 3. The number of nitrogens with zero attached hydrogens (tertiary/aromatic N) is 2. The van der Waals surface area contributed by atoms with Crippen molar-refractivity contribution in [1.29, 1.82) is 0 Å². The van der Waals surface area contributed by atoms with Crippen molar-refractivity contribution in [2.45, 2.75) is 12.8 Å². The molecule has 1 aliphatic rings. The van der Waals surface area contributed by atoms with E-state index in [1.54, 1.807) is 12.1 Å². The van der Waals surface area contributed by atoms with Gasteiger partial charge < -0.3 is 0 Å². The number of rotatable bonds is 3. The fourth-order valence-corrected chi connectivity index (χ4v) is 2.77. The van der Waals surface area contributed by atoms with Crippen molar-refractivity contribution in [1.82, 2.24) is 10.2 Å². The van der Waals surface area contributed by atoms with E-state index in [4.69, 9.17) is 23.2 Å². The van der Waals surface area contributed by atoms with Crippen molar-refractivity contribution in [2.75, 3.05) is 5.88 Å². The maximum Gasteiger partial charge on any atom is 0.152 e. The average Bonchev–Trinajstić information content (AvgIpc) is 2.86. The molecule has 0 N–H and O–H groups in total. The summed E-state index contributed by atoms with van der Waals surface area (Å²) < 4.78 is 13.8. The third kappa shape index (κ3) is 2.43. The lowest BCUT2D eigenvalue weighted by molar-refractivity contribution is 0.624. The van der Waals surface area contributed by atoms with Gasteiger partial charge in [0.2, 0.25) is 0 Å². The number of alkyl halides is 1. The van der Waals surface area contributed by atoms with Crippen LogP contribution in [-0.2, 0) is 12.8 Å². The van der Waals surface area contributed by atoms with Gasteiger partial charge >= 0.3 is 0 Å². The van der Waals surface area contributed by atoms with Crippen molar-refractivity contribution in [3.05, 3.63) is 57.6 Å². The maximum absolute atomic E-state index is 13.8. The standard InChI is InChI=1S/C15H11Cl2FN2/c16-5-4-14-12(8-15(17)20-19-14)10-6-9-2-1-3-13(18)11(9)7-10/h1-3,7-8H,4-6H2. The molecule has 0 aliphatic heterocycles. The Balaban J connectivity index is 2.06. The normalized spacial score (nSPS) is 13.2. The van der Waals surface area contributed by atoms with Gasteiger partial charge in [-0.25, -0.2) is 4.39 Å². The van der Waals surface area contributed by atoms with Crippen LogP contribution in [0.5, 0.6) is 0 Å². The predicted molar refractivity (Wildman–Crippen MR) is 79.4 cm³/mol. The van der Waals surface area contributed by atoms with Crippen LogP contribution in [0.15, 0.2) is 24.3 Å². The first kappa shape index (κ1) is 13.5. The summed E-state index contributed by atoms with van der Waals surface area (Å²) in [6.07, 6.45) is 3.14. The van der Waals surface area contributed by atoms with Crippen molar-refractivity contribution >= 4 is 34.9 Å². The lowest BCUT2D eigenvalue weighted by Gasteiger charge is -2.08. The molecular weight excluding hydrogens is 298 g/mol. The van der Waals surface area contributed by atoms with Gasteiger partial charge in [0.05, 0.1) is 5.69 Å². The highest BCUT2D eigenvalue weighted by Gasteiger charge is 2.20. The molecule has 0 atom stereocenters. The zero-order valence-corrected chi connectivity index (χ0v) is 12.0. The predicted octanol–water partition coefficient (Wildman–Crippen LogP) is 4.15. The lowest BCUT2D eigenvalue weighted by atomic mass is 10.0. The largest absolute Gasteiger partial charge is 0.206 e. The van der Waals surface area contributed by atoms with E-state index in [0.29, 0.717) is 29.4 Å². The Morgan fingerprint density at radius 3 is 2.85 bits per heavy atom. The van der Waals surface area contributed by atoms with Gasteiger partial charge in [-0.05, 0) is 35.8 Å². The first-order valence-corrected chi connectivity index (χ1v) is 7.16. The molecule has 2 nitrogen and oxygen atoms in total. The fourth-order valence-electron chi connectivity index (χ4n) is 2.45. The van der Waals surface area contributed by atoms with Gasteiger partial charge in [-0.2, -0.15) is 5.10 Å². The monoisotopic (exact) mass is 308 g/mol. The van der Waals surface area contributed by atoms with E-state index < -0.39 is 0 Å². The van der Waals surface area contributed by atoms with Crippen molar-refractivity contribution in [3.63, 3.8) is 0 Å². The zero-order chi connectivity index (χ0) is 14.1. The van der Waals surface area contributed by atoms with E-state index in [-0.39, 0.29) is 5.82 Å². The van der Waals surface area contributed by atoms with E-state index in [1.165, 1.54) is 6.07 Å². The first-order chi connectivity index (χ1) is 9.69. The summed E-state index contributed by atoms with van der Waals surface area (Å²) in [5.74, 6) is 0.252. The number of fused-ring (bicyclic) bond motifs is 1. The molecule has 102 valence electrons. The molecule has 0 saturated carbocycles. The zero-order valence-electron chi connectivity index (χ0n) is 10.5. The molecule has 0 fully saturated rings. The van der Waals surface area contributed by atoms with Crippen LogP contribution in [0, 0.1) is 5.82 Å². The van der Waals surface area contributed by atoms with E-state index in [0.717, 1.165) is 22.4 Å². The molecule has 1 heterocycles. The Labute approximate surface area is 126 Å². The third-order valence-electron chi connectivity index (χ3n) is 3.36. The number of hydrogen-bond acceptors (Lipinski definition) is 2. The minimum atomic E-state index is -0.204. The molecule has 0 bridgehead atoms. The Bertz CT molecular complexity index is 698. The number of aromatic nitrogens is 2. The molecule has 0 saturated heterocycles. The van der Waals surface area contributed by atoms with Gasteiger partial charge in [-0.15, -0.1) is 16.7 Å². The molecular formula is C15H11Cl2FN2. The van der Waals surface area contributed by atoms with Crippen LogP contribution in [0.1, 0.15) is 22.4 Å². The van der Waals surface area contributed by atoms with Gasteiger partial charge in [0.25, 0.3) is 0 Å². The number of allylic oxidation sites excluding steroid dienone is 1. The quantitative estimate of drug-likeness (QED) is 0.796. The summed E-state index contributed by atoms with van der Waals surface area (Å²) in [5.41, 5.74) is 4.32. The third-order valence-corrected chi connectivity index (χ3v) is 3.73. The van der Waals surface area contributed by atoms with Crippen molar-refractivity contribution < 1.29 is 4.39 Å². The number of benzene rings is 1. The van der Waals surface area contributed by atoms with E-state index in [9.17, 15) is 4.39 Å². The molecule has 0 amide bonds. The molecule has 0 unspecified atom stereocenters. The second-order valence-electron chi connectivity index (χ2n) is 4.63. The second kappa shape index (κ2) is 5.51. The van der Waals surface area contributed by atoms with Gasteiger partial charge in [-0.3, -0.25) is 0 Å². The summed E-state index contributed by atoms with van der Waals surface area (Å²) in [6, 6.07) is 6.89. The van der Waals surface area contributed by atoms with Gasteiger partial charge in [-0.1, -0.05) is 23.7 Å². The number of hydrogen-bond donors (Lipinski definition) is 0. The molecule has 20 heavy (non-hydrogen) atoms. The Morgan fingerprint density at radius 2 is 2.10 bits per heavy atom. The van der Waals surface area contributed by atoms with E-state index in [1.807, 2.05) is 12.1 Å². The summed E-state index contributed by atoms with van der Waals surface area (Å²) in [4.78, 5) is 0. The van der Waals surface area contributed by atoms with Crippen LogP contribution in [0.3, 0.4) is 0 Å². The minimum Gasteiger partial charge on any atom is -0.206 e. The topological polar surface area (TPSA) is 25.8 Å². The lowest BCUT2D eigenvalue weighted by Crippen LogP contribution is -2.01. The van der Waals surface area contributed by atoms with E-state index >= 15 is 0 Å². The SMILES string of the molecule is Fc1cccc2c1C=C(c1cc(Cl)nnc1CCCl)C2. The summed E-state index contributed by atoms with van der Waals surface area (Å²) in [6.45, 7) is 0. The number of aryl methyl sites for hydroxylation is 1. The molecule has 1 aliphatic carbocycles. The highest BCUT2D eigenvalue weighted by atomic mass is 35.5. The Kier molecular flexibility index (Phi) is 3.72. The van der Waals surface area contributed by atoms with Crippen LogP contribution in [-0.4, -0.2) is 16.1 Å². The minimum absolute atomic E-state index is 0.204. The summed E-state index contributed by atoms with van der Waals surface area (Å²) in [5, 5.41) is 8.28. The molecule has 0 spiro atoms. The first-order valence-electron chi connectivity index (χ1n) is 6.25. The fraction of sp³-hybridized carbons (Fsp3) is 0.200. The summed E-state index contributed by atoms with van der Waals surface area (Å²) >= 11 is 11.7. The van der Waals surface area contributed by atoms with Crippen molar-refractivity contribution in [3.8, 4) is 0 Å². The van der Waals surface area contributed by atoms with Crippen LogP contribution in [0.25, 0.3) is 11.6 Å². The molecule has 1 aromatic carbocycles. The van der Waals surface area contributed by atoms with Crippen LogP contribution < -0.4 is 0 Å². The molecule has 5 heteroatoms. The average molecular weight is 309 g/mol. The maximum atomic E-state index is 13.8. The summed E-state index contributed by atoms with van der Waals surface area (Å²) in [7, 11) is 0. The van der Waals surface area contributed by atoms with Crippen LogP contribution >= 0.6 is 23.2 Å². The smallest absolute Gasteiger partial charge is 0.152 e. The van der Waals surface area contributed by atoms with Crippen molar-refractivity contribution in [2.24, 2.45) is 0 Å². The Morgan fingerprint density at radius 1 is 1.25 bits per heavy atom. The van der Waals surface area contributed by atoms with Gasteiger partial charge in [0, 0.05) is 23.4 Å². The Hall–Kier alpha value is -1.45. The van der Waals surface area contributed by atoms with Crippen LogP contribution in [0.4, 0.5) is 4.39 Å². The molecule has 0 radical (unpaired) electrons. The highest BCUT2D eigenvalue weighted by molar-refractivity contribution is 6.29. The second-order valence-corrected chi connectivity index (χ2v) is 5.39. The van der Waals surface area contributed by atoms with Gasteiger partial charge in [0.1, 0.15) is 5.82 Å². The van der Waals surface area contributed by atoms with E-state index in [2.05, 4.69) is 10.2 Å². The highest BCUT2D eigenvalue weighted by Crippen LogP contribution is 2.34.